The summed E-state index contributed by atoms with van der Waals surface area (Å²) in [4.78, 5) is 0. The zero-order valence-electron chi connectivity index (χ0n) is 41.8. The average molecular weight is 1250 g/mol. The van der Waals surface area contributed by atoms with Gasteiger partial charge in [-0.05, 0) is 175 Å². The SMILES string of the molecule is C.C=C(c1ccccc1)[C@H](O)[C@H]1CCCC2=Cc3c(cnn3-c3ccc(F)cc3)C[C@@]21C.C[C@]12Cc3cnn(-c4ccc(F)cc4)c3C=C1CCC[C@@H]2[C@@H](O)C1(c2ccccc2)CC1.[CH2-]C.[CH2-]CC.[I][Zn][I]. The first kappa shape index (κ1) is 57.7. The molecule has 3 saturated carbocycles. The van der Waals surface area contributed by atoms with Crippen molar-refractivity contribution in [3.05, 3.63) is 198 Å². The van der Waals surface area contributed by atoms with Crippen LogP contribution < -0.4 is 0 Å². The Morgan fingerprint density at radius 3 is 1.56 bits per heavy atom. The third-order valence-electron chi connectivity index (χ3n) is 15.6. The predicted octanol–water partition coefficient (Wildman–Crippen LogP) is 16.2. The third-order valence-corrected chi connectivity index (χ3v) is 15.6. The number of halogens is 4. The van der Waals surface area contributed by atoms with Crippen LogP contribution in [0.3, 0.4) is 0 Å². The Balaban J connectivity index is 0.000000204. The van der Waals surface area contributed by atoms with Crippen molar-refractivity contribution in [2.45, 2.75) is 123 Å². The predicted molar refractivity (Wildman–Crippen MR) is 308 cm³/mol. The van der Waals surface area contributed by atoms with E-state index in [4.69, 9.17) is 0 Å². The fourth-order valence-corrected chi connectivity index (χ4v) is 11.9. The Labute approximate surface area is 457 Å². The minimum absolute atomic E-state index is 0. The molecule has 3 fully saturated rings. The molecule has 2 heterocycles. The molecule has 5 aliphatic carbocycles. The van der Waals surface area contributed by atoms with E-state index < -0.39 is 6.10 Å². The van der Waals surface area contributed by atoms with Crippen LogP contribution in [0.5, 0.6) is 0 Å². The minimum atomic E-state index is -0.593. The monoisotopic (exact) mass is 1250 g/mol. The van der Waals surface area contributed by atoms with Gasteiger partial charge in [-0.2, -0.15) is 23.5 Å². The van der Waals surface area contributed by atoms with Crippen LogP contribution in [0.4, 0.5) is 8.78 Å². The molecule has 6 nitrogen and oxygen atoms in total. The summed E-state index contributed by atoms with van der Waals surface area (Å²) in [6.07, 6.45) is 18.6. The second kappa shape index (κ2) is 25.8. The van der Waals surface area contributed by atoms with E-state index in [2.05, 4.69) is 126 Å². The first-order chi connectivity index (χ1) is 34.3. The quantitative estimate of drug-likeness (QED) is 0.0904. The van der Waals surface area contributed by atoms with Crippen LogP contribution in [0.1, 0.15) is 127 Å². The average Bonchev–Trinajstić information content (AvgIpc) is 3.97. The molecule has 5 aliphatic rings. The molecule has 2 N–H and O–H groups in total. The molecular weight excluding hydrogens is 1180 g/mol. The van der Waals surface area contributed by atoms with Gasteiger partial charge in [0.1, 0.15) is 11.6 Å². The van der Waals surface area contributed by atoms with Gasteiger partial charge in [-0.3, -0.25) is 0 Å². The maximum absolute atomic E-state index is 13.4. The van der Waals surface area contributed by atoms with Crippen molar-refractivity contribution in [2.75, 3.05) is 0 Å². The van der Waals surface area contributed by atoms with Crippen LogP contribution in [0, 0.1) is 48.1 Å². The van der Waals surface area contributed by atoms with Crippen molar-refractivity contribution < 1.29 is 29.1 Å². The molecule has 380 valence electrons. The molecular formula is C61H72F2I2N4O2Zn-2. The van der Waals surface area contributed by atoms with Crippen molar-refractivity contribution in [2.24, 2.45) is 22.7 Å². The number of nitrogens with zero attached hydrogens (tertiary/aromatic N) is 4. The first-order valence-corrected chi connectivity index (χ1v) is 43.3. The number of allylic oxidation sites excluding steroid dienone is 2. The van der Waals surface area contributed by atoms with E-state index in [9.17, 15) is 19.0 Å². The molecule has 72 heavy (non-hydrogen) atoms. The van der Waals surface area contributed by atoms with E-state index in [-0.39, 0.29) is 63.3 Å². The summed E-state index contributed by atoms with van der Waals surface area (Å²) < 4.78 is 30.6. The van der Waals surface area contributed by atoms with E-state index in [1.807, 2.05) is 59.0 Å². The van der Waals surface area contributed by atoms with E-state index in [0.29, 0.717) is 0 Å². The summed E-state index contributed by atoms with van der Waals surface area (Å²) >= 11 is 4.93. The van der Waals surface area contributed by atoms with Crippen LogP contribution in [0.25, 0.3) is 29.1 Å². The molecule has 4 aromatic carbocycles. The third kappa shape index (κ3) is 12.1. The zero-order valence-corrected chi connectivity index (χ0v) is 49.1. The summed E-state index contributed by atoms with van der Waals surface area (Å²) in [5.41, 5.74) is 11.8. The van der Waals surface area contributed by atoms with E-state index in [0.717, 1.165) is 105 Å². The Kier molecular flexibility index (Phi) is 20.6. The first-order valence-electron chi connectivity index (χ1n) is 25.2. The molecule has 6 aromatic rings. The number of aliphatic hydroxyl groups is 2. The molecule has 0 aliphatic heterocycles. The van der Waals surface area contributed by atoms with Crippen molar-refractivity contribution in [3.8, 4) is 11.4 Å². The molecule has 0 amide bonds. The maximum atomic E-state index is 13.4. The van der Waals surface area contributed by atoms with Crippen molar-refractivity contribution in [1.29, 1.82) is 0 Å². The second-order valence-corrected chi connectivity index (χ2v) is 43.3. The van der Waals surface area contributed by atoms with Gasteiger partial charge in [-0.15, -0.1) is 0 Å². The molecule has 0 saturated heterocycles. The van der Waals surface area contributed by atoms with Crippen LogP contribution in [-0.2, 0) is 28.4 Å². The van der Waals surface area contributed by atoms with Crippen molar-refractivity contribution in [1.82, 2.24) is 19.6 Å². The van der Waals surface area contributed by atoms with Gasteiger partial charge in [0, 0.05) is 5.41 Å². The number of rotatable bonds is 8. The van der Waals surface area contributed by atoms with E-state index >= 15 is 0 Å². The summed E-state index contributed by atoms with van der Waals surface area (Å²) in [6, 6.07) is 33.5. The van der Waals surface area contributed by atoms with Crippen molar-refractivity contribution in [3.63, 3.8) is 0 Å². The Morgan fingerprint density at radius 2 is 1.12 bits per heavy atom. The van der Waals surface area contributed by atoms with Crippen LogP contribution in [0.2, 0.25) is 0 Å². The number of fused-ring (bicyclic) bond motifs is 4. The summed E-state index contributed by atoms with van der Waals surface area (Å²) in [6.45, 7) is 19.4. The topological polar surface area (TPSA) is 76.1 Å². The summed E-state index contributed by atoms with van der Waals surface area (Å²) in [5, 5.41) is 32.4. The molecule has 0 unspecified atom stereocenters. The Bertz CT molecular complexity index is 2750. The number of benzene rings is 4. The van der Waals surface area contributed by atoms with Crippen LogP contribution in [-0.4, -0.2) is 42.0 Å². The standard InChI is InChI=1S/C28H29FN2O.C27H27FN2O.C3H7.C2H5.CH4.2HI.Zn/c1-27-17-19-18-30-31(23-12-10-22(29)11-13-23)25(19)16-21(27)8-5-9-24(27)26(32)28(14-15-28)20-6-3-2-4-7-20;1-18(19-7-4-3-5-8-19)26(31)24-10-6-9-21-15-25-20(16-27(21,24)2)17-29-30(25)23-13-11-22(28)12-14-23;1-3-2;1-2;;;;/h2-4,6-7,10-13,16,18,24,26,32H,5,8-9,14-15,17H2,1H3;3-5,7-8,11-15,17,24,26,31H,1,6,9-10,16H2,2H3;1,3H2,2H3;1H2,2H3;1H4;2*1H;/q;;2*-1;;;;+2/p-2/t24-,26-,27+;24-,26+,27+;;;;;;/m11....../s1. The molecule has 11 rings (SSSR count). The number of hydrogen-bond acceptors (Lipinski definition) is 4. The number of hydrogen-bond donors (Lipinski definition) is 2. The van der Waals surface area contributed by atoms with Crippen LogP contribution >= 0.6 is 39.5 Å². The Hall–Kier alpha value is -3.62. The van der Waals surface area contributed by atoms with E-state index in [1.54, 1.807) is 31.2 Å². The molecule has 11 heteroatoms. The molecule has 0 spiro atoms. The van der Waals surface area contributed by atoms with Gasteiger partial charge < -0.3 is 24.1 Å². The summed E-state index contributed by atoms with van der Waals surface area (Å²) in [7, 11) is 0.0650. The number of aromatic nitrogens is 4. The molecule has 2 aromatic heterocycles. The van der Waals surface area contributed by atoms with E-state index in [1.165, 1.54) is 52.1 Å². The fourth-order valence-electron chi connectivity index (χ4n) is 11.9. The van der Waals surface area contributed by atoms with Gasteiger partial charge in [0.05, 0.1) is 47.4 Å². The van der Waals surface area contributed by atoms with Gasteiger partial charge >= 0.3 is 49.6 Å². The van der Waals surface area contributed by atoms with Crippen molar-refractivity contribution >= 4 is 57.2 Å². The fraction of sp³-hybridized carbons (Fsp3) is 0.377. The second-order valence-electron chi connectivity index (χ2n) is 19.8. The Morgan fingerprint density at radius 1 is 0.722 bits per heavy atom. The number of aliphatic hydroxyl groups excluding tert-OH is 2. The van der Waals surface area contributed by atoms with Gasteiger partial charge in [-0.25, -0.2) is 18.1 Å². The molecule has 0 bridgehead atoms. The van der Waals surface area contributed by atoms with Gasteiger partial charge in [0.2, 0.25) is 0 Å². The normalized spacial score (nSPS) is 22.4. The molecule has 6 atom stereocenters. The zero-order chi connectivity index (χ0) is 50.9. The summed E-state index contributed by atoms with van der Waals surface area (Å²) in [5.74, 6) is -0.161. The van der Waals surface area contributed by atoms with Gasteiger partial charge in [-0.1, -0.05) is 107 Å². The van der Waals surface area contributed by atoms with Gasteiger partial charge in [0.25, 0.3) is 0 Å². The van der Waals surface area contributed by atoms with Gasteiger partial charge in [0.15, 0.2) is 0 Å². The van der Waals surface area contributed by atoms with Crippen LogP contribution in [0.15, 0.2) is 139 Å². The molecule has 0 radical (unpaired) electrons.